The van der Waals surface area contributed by atoms with E-state index >= 15 is 0 Å². The van der Waals surface area contributed by atoms with Crippen LogP contribution in [0.4, 0.5) is 0 Å². The zero-order valence-corrected chi connectivity index (χ0v) is 20.7. The Kier molecular flexibility index (Phi) is 15.7. The van der Waals surface area contributed by atoms with Crippen molar-refractivity contribution >= 4 is 28.0 Å². The second-order valence-electron chi connectivity index (χ2n) is 5.60. The minimum absolute atomic E-state index is 0. The van der Waals surface area contributed by atoms with Gasteiger partial charge in [-0.15, -0.1) is 0 Å². The van der Waals surface area contributed by atoms with Gasteiger partial charge in [0.1, 0.15) is 10.1 Å². The summed E-state index contributed by atoms with van der Waals surface area (Å²) in [6.07, 6.45) is -2.44. The first-order chi connectivity index (χ1) is 11.7. The molecular formula is C15H18Na2O10S. The second kappa shape index (κ2) is 13.7. The molecule has 1 rings (SSSR count). The van der Waals surface area contributed by atoms with E-state index in [1.54, 1.807) is 18.2 Å². The van der Waals surface area contributed by atoms with Gasteiger partial charge in [-0.2, -0.15) is 0 Å². The maximum Gasteiger partial charge on any atom is 1.00 e. The minimum atomic E-state index is -4.33. The standard InChI is InChI=1S/C9H12O3S.C6H8O7.2Na/c1-7(2)8-5-3-4-6-9(8)13(10,11)12;7-3(8)1-6(13,5(11)12)2-4(9)10;;/h3-7H,1-2H3,(H,10,11,12);13H,1-2H2,(H,7,8)(H,9,10)(H,11,12);;/q;;2*+1/p-2. The predicted molar refractivity (Wildman–Crippen MR) is 83.0 cm³/mol. The molecule has 1 aromatic carbocycles. The first-order valence-corrected chi connectivity index (χ1v) is 8.53. The predicted octanol–water partition coefficient (Wildman–Crippen LogP) is -6.86. The molecule has 28 heavy (non-hydrogen) atoms. The van der Waals surface area contributed by atoms with Crippen molar-refractivity contribution in [2.75, 3.05) is 0 Å². The number of hydrogen-bond acceptors (Lipinski definition) is 8. The molecular weight excluding hydrogens is 418 g/mol. The summed E-state index contributed by atoms with van der Waals surface area (Å²) < 4.78 is 32.4. The maximum absolute atomic E-state index is 10.8. The quantitative estimate of drug-likeness (QED) is 0.273. The summed E-state index contributed by atoms with van der Waals surface area (Å²) in [5.41, 5.74) is -2.22. The van der Waals surface area contributed by atoms with E-state index in [1.165, 1.54) is 6.07 Å². The van der Waals surface area contributed by atoms with Gasteiger partial charge in [-0.1, -0.05) is 32.0 Å². The molecule has 10 nitrogen and oxygen atoms in total. The molecule has 0 heterocycles. The first-order valence-electron chi connectivity index (χ1n) is 7.13. The van der Waals surface area contributed by atoms with E-state index in [1.807, 2.05) is 13.8 Å². The van der Waals surface area contributed by atoms with Crippen LogP contribution in [0.1, 0.15) is 38.2 Å². The second-order valence-corrected chi connectivity index (χ2v) is 6.95. The SMILES string of the molecule is CC(C)c1ccccc1S(=O)(=O)[O-].O=C([O-])CC(O)(CC(=O)O)C(=O)O.[Na+].[Na+]. The van der Waals surface area contributed by atoms with Crippen LogP contribution in [0.25, 0.3) is 0 Å². The topological polar surface area (TPSA) is 192 Å². The van der Waals surface area contributed by atoms with Crippen LogP contribution >= 0.6 is 0 Å². The number of carboxylic acids is 3. The summed E-state index contributed by atoms with van der Waals surface area (Å²) >= 11 is 0. The van der Waals surface area contributed by atoms with Crippen molar-refractivity contribution in [2.45, 2.75) is 43.1 Å². The van der Waals surface area contributed by atoms with Gasteiger partial charge in [-0.3, -0.25) is 4.79 Å². The Morgan fingerprint density at radius 2 is 1.54 bits per heavy atom. The number of aliphatic carboxylic acids is 3. The Labute approximate surface area is 206 Å². The fraction of sp³-hybridized carbons (Fsp3) is 0.400. The average molecular weight is 436 g/mol. The molecule has 0 spiro atoms. The smallest absolute Gasteiger partial charge is 0.744 e. The van der Waals surface area contributed by atoms with Gasteiger partial charge >= 0.3 is 71.1 Å². The monoisotopic (exact) mass is 436 g/mol. The van der Waals surface area contributed by atoms with Crippen molar-refractivity contribution in [3.05, 3.63) is 29.8 Å². The van der Waals surface area contributed by atoms with Crippen LogP contribution in [0, 0.1) is 0 Å². The molecule has 146 valence electrons. The number of hydrogen-bond donors (Lipinski definition) is 3. The number of carbonyl (C=O) groups excluding carboxylic acids is 1. The number of aliphatic hydroxyl groups is 1. The van der Waals surface area contributed by atoms with Gasteiger partial charge < -0.3 is 29.8 Å². The van der Waals surface area contributed by atoms with Crippen LogP contribution in [-0.4, -0.2) is 51.8 Å². The molecule has 0 saturated carbocycles. The molecule has 0 radical (unpaired) electrons. The maximum atomic E-state index is 10.8. The van der Waals surface area contributed by atoms with E-state index < -0.39 is 46.5 Å². The number of carbonyl (C=O) groups is 3. The molecule has 1 atom stereocenters. The van der Waals surface area contributed by atoms with Gasteiger partial charge in [-0.25, -0.2) is 13.2 Å². The molecule has 0 fully saturated rings. The van der Waals surface area contributed by atoms with Crippen LogP contribution < -0.4 is 64.2 Å². The van der Waals surface area contributed by atoms with Crippen molar-refractivity contribution in [3.63, 3.8) is 0 Å². The van der Waals surface area contributed by atoms with Gasteiger partial charge in [0.15, 0.2) is 5.60 Å². The van der Waals surface area contributed by atoms with Gasteiger partial charge in [0.05, 0.1) is 11.3 Å². The molecule has 0 aliphatic rings. The van der Waals surface area contributed by atoms with Crippen molar-refractivity contribution in [1.29, 1.82) is 0 Å². The summed E-state index contributed by atoms with van der Waals surface area (Å²) in [5.74, 6) is -5.30. The van der Waals surface area contributed by atoms with Crippen LogP contribution in [0.15, 0.2) is 29.2 Å². The molecule has 0 saturated heterocycles. The average Bonchev–Trinajstić information content (AvgIpc) is 2.45. The summed E-state index contributed by atoms with van der Waals surface area (Å²) in [6.45, 7) is 3.70. The fourth-order valence-electron chi connectivity index (χ4n) is 1.89. The third kappa shape index (κ3) is 11.5. The van der Waals surface area contributed by atoms with Gasteiger partial charge in [-0.05, 0) is 17.5 Å². The fourth-order valence-corrected chi connectivity index (χ4v) is 2.73. The molecule has 0 bridgehead atoms. The van der Waals surface area contributed by atoms with Crippen LogP contribution in [0.5, 0.6) is 0 Å². The zero-order chi connectivity index (χ0) is 20.7. The number of benzene rings is 1. The number of rotatable bonds is 7. The van der Waals surface area contributed by atoms with E-state index in [0.29, 0.717) is 5.56 Å². The molecule has 3 N–H and O–H groups in total. The van der Waals surface area contributed by atoms with Crippen molar-refractivity contribution in [3.8, 4) is 0 Å². The number of carboxylic acid groups (broad SMARTS) is 3. The minimum Gasteiger partial charge on any atom is -0.744 e. The van der Waals surface area contributed by atoms with Crippen molar-refractivity contribution in [1.82, 2.24) is 0 Å². The summed E-state index contributed by atoms with van der Waals surface area (Å²) in [7, 11) is -4.33. The molecule has 0 aliphatic carbocycles. The van der Waals surface area contributed by atoms with Crippen molar-refractivity contribution < 1.29 is 107 Å². The first kappa shape index (κ1) is 32.2. The van der Waals surface area contributed by atoms with E-state index in [-0.39, 0.29) is 69.9 Å². The van der Waals surface area contributed by atoms with Crippen LogP contribution in [0.2, 0.25) is 0 Å². The largest absolute Gasteiger partial charge is 1.00 e. The molecule has 0 amide bonds. The van der Waals surface area contributed by atoms with E-state index in [2.05, 4.69) is 0 Å². The Morgan fingerprint density at radius 1 is 1.07 bits per heavy atom. The Hall–Kier alpha value is -0.500. The van der Waals surface area contributed by atoms with Gasteiger partial charge in [0, 0.05) is 12.4 Å². The molecule has 1 aromatic rings. The summed E-state index contributed by atoms with van der Waals surface area (Å²) in [6, 6.07) is 6.29. The van der Waals surface area contributed by atoms with Gasteiger partial charge in [0.25, 0.3) is 0 Å². The van der Waals surface area contributed by atoms with Crippen molar-refractivity contribution in [2.24, 2.45) is 0 Å². The van der Waals surface area contributed by atoms with Crippen LogP contribution in [-0.2, 0) is 24.5 Å². The molecule has 1 unspecified atom stereocenters. The molecule has 13 heteroatoms. The molecule has 0 aliphatic heterocycles. The summed E-state index contributed by atoms with van der Waals surface area (Å²) in [4.78, 5) is 30.2. The Morgan fingerprint density at radius 3 is 1.82 bits per heavy atom. The van der Waals surface area contributed by atoms with E-state index in [9.17, 15) is 32.5 Å². The molecule has 0 aromatic heterocycles. The third-order valence-electron chi connectivity index (χ3n) is 3.09. The Balaban J connectivity index is -0.000000417. The van der Waals surface area contributed by atoms with Crippen LogP contribution in [0.3, 0.4) is 0 Å². The van der Waals surface area contributed by atoms with E-state index in [0.717, 1.165) is 0 Å². The Bertz CT molecular complexity index is 761. The third-order valence-corrected chi connectivity index (χ3v) is 4.00. The van der Waals surface area contributed by atoms with E-state index in [4.69, 9.17) is 15.3 Å². The zero-order valence-electron chi connectivity index (χ0n) is 15.9. The van der Waals surface area contributed by atoms with Gasteiger partial charge in [0.2, 0.25) is 0 Å². The normalized spacial score (nSPS) is 12.3. The summed E-state index contributed by atoms with van der Waals surface area (Å²) in [5, 5.41) is 35.5.